The smallest absolute Gasteiger partial charge is 0.327 e. The predicted octanol–water partition coefficient (Wildman–Crippen LogP) is 2.24. The number of benzene rings is 1. The Bertz CT molecular complexity index is 796. The summed E-state index contributed by atoms with van der Waals surface area (Å²) >= 11 is 1.43. The third kappa shape index (κ3) is 4.68. The summed E-state index contributed by atoms with van der Waals surface area (Å²) < 4.78 is -0.594. The molecule has 0 bridgehead atoms. The van der Waals surface area contributed by atoms with E-state index in [1.807, 2.05) is 45.0 Å². The van der Waals surface area contributed by atoms with Crippen molar-refractivity contribution in [3.05, 3.63) is 35.4 Å². The van der Waals surface area contributed by atoms with Gasteiger partial charge in [0.05, 0.1) is 5.92 Å². The van der Waals surface area contributed by atoms with Crippen molar-refractivity contribution in [2.45, 2.75) is 69.2 Å². The van der Waals surface area contributed by atoms with Crippen LogP contribution in [0.2, 0.25) is 0 Å². The Labute approximate surface area is 198 Å². The molecule has 0 aromatic heterocycles. The Kier molecular flexibility index (Phi) is 7.53. The summed E-state index contributed by atoms with van der Waals surface area (Å²) in [7, 11) is 0. The standard InChI is InChI=1S/C21H28N2O4S.Na/c1-11(2)10-13-6-8-14(9-7-13)12(3)17(24)22-15-18(25)23-16(20(26)27)21(4,5)28-19(15)23;/h6-9,11-12,15-16,19H,10H2,1-5H3,(H,22,24)(H,26,27);/t12?,15-,16+,19-;/m1./s1. The number of amides is 2. The van der Waals surface area contributed by atoms with Gasteiger partial charge in [0.2, 0.25) is 11.8 Å². The first-order valence-electron chi connectivity index (χ1n) is 9.65. The molecule has 2 heterocycles. The first kappa shape index (κ1) is 24.3. The van der Waals surface area contributed by atoms with Crippen molar-refractivity contribution in [3.8, 4) is 0 Å². The zero-order valence-electron chi connectivity index (χ0n) is 17.9. The van der Waals surface area contributed by atoms with Crippen LogP contribution in [0.5, 0.6) is 0 Å². The summed E-state index contributed by atoms with van der Waals surface area (Å²) in [4.78, 5) is 38.2. The maximum atomic E-state index is 12.7. The van der Waals surface area contributed by atoms with E-state index in [9.17, 15) is 19.5 Å². The van der Waals surface area contributed by atoms with Gasteiger partial charge in [0.15, 0.2) is 0 Å². The van der Waals surface area contributed by atoms with E-state index in [0.29, 0.717) is 5.92 Å². The molecule has 4 atom stereocenters. The van der Waals surface area contributed by atoms with Gasteiger partial charge in [-0.05, 0) is 44.2 Å². The topological polar surface area (TPSA) is 86.7 Å². The number of β-lactam (4-membered cyclic amide) rings is 1. The molecule has 1 radical (unpaired) electrons. The van der Waals surface area contributed by atoms with Crippen molar-refractivity contribution in [2.75, 3.05) is 0 Å². The quantitative estimate of drug-likeness (QED) is 0.537. The van der Waals surface area contributed by atoms with E-state index in [0.717, 1.165) is 12.0 Å². The Morgan fingerprint density at radius 3 is 2.31 bits per heavy atom. The van der Waals surface area contributed by atoms with E-state index in [-0.39, 0.29) is 52.7 Å². The SMILES string of the molecule is CC(C)Cc1ccc(C(C)C(=O)N[C@@H]2C(=O)N3[C@@H]2SC(C)(C)[C@@H]3C(=O)O)cc1.[Na]. The molecule has 1 aromatic rings. The van der Waals surface area contributed by atoms with Gasteiger partial charge in [0.25, 0.3) is 0 Å². The average molecular weight is 428 g/mol. The van der Waals surface area contributed by atoms with Gasteiger partial charge in [-0.2, -0.15) is 0 Å². The molecule has 6 nitrogen and oxygen atoms in total. The van der Waals surface area contributed by atoms with Crippen LogP contribution < -0.4 is 5.32 Å². The normalized spacial score (nSPS) is 25.7. The summed E-state index contributed by atoms with van der Waals surface area (Å²) in [6.07, 6.45) is 0.993. The summed E-state index contributed by atoms with van der Waals surface area (Å²) in [5.41, 5.74) is 2.14. The number of carbonyl (C=O) groups is 3. The number of rotatable bonds is 6. The third-order valence-corrected chi connectivity index (χ3v) is 7.06. The molecular weight excluding hydrogens is 399 g/mol. The van der Waals surface area contributed by atoms with E-state index >= 15 is 0 Å². The van der Waals surface area contributed by atoms with Crippen molar-refractivity contribution < 1.29 is 19.5 Å². The maximum absolute atomic E-state index is 12.7. The molecule has 8 heteroatoms. The van der Waals surface area contributed by atoms with Gasteiger partial charge in [-0.3, -0.25) is 9.59 Å². The van der Waals surface area contributed by atoms with Crippen LogP contribution in [-0.2, 0) is 20.8 Å². The van der Waals surface area contributed by atoms with Gasteiger partial charge in [-0.15, -0.1) is 11.8 Å². The van der Waals surface area contributed by atoms with Crippen molar-refractivity contribution in [1.82, 2.24) is 10.2 Å². The number of hydrogen-bond acceptors (Lipinski definition) is 4. The minimum atomic E-state index is -1.01. The summed E-state index contributed by atoms with van der Waals surface area (Å²) in [5, 5.41) is 12.0. The second-order valence-corrected chi connectivity index (χ2v) is 10.4. The maximum Gasteiger partial charge on any atom is 0.327 e. The minimum absolute atomic E-state index is 0. The molecule has 0 spiro atoms. The number of carbonyl (C=O) groups excluding carboxylic acids is 2. The van der Waals surface area contributed by atoms with E-state index in [1.54, 1.807) is 0 Å². The summed E-state index contributed by atoms with van der Waals surface area (Å²) in [5.74, 6) is -1.35. The Morgan fingerprint density at radius 2 is 1.79 bits per heavy atom. The van der Waals surface area contributed by atoms with Crippen molar-refractivity contribution in [2.24, 2.45) is 5.92 Å². The van der Waals surface area contributed by atoms with Crippen molar-refractivity contribution in [1.29, 1.82) is 0 Å². The van der Waals surface area contributed by atoms with Gasteiger partial charge in [0, 0.05) is 34.3 Å². The van der Waals surface area contributed by atoms with Crippen LogP contribution in [0.15, 0.2) is 24.3 Å². The molecular formula is C21H28N2NaO4S. The molecule has 2 fully saturated rings. The van der Waals surface area contributed by atoms with Crippen LogP contribution >= 0.6 is 11.8 Å². The molecule has 1 unspecified atom stereocenters. The molecule has 1 aromatic carbocycles. The van der Waals surface area contributed by atoms with Crippen LogP contribution in [0, 0.1) is 5.92 Å². The number of fused-ring (bicyclic) bond motifs is 1. The fourth-order valence-electron chi connectivity index (χ4n) is 3.99. The van der Waals surface area contributed by atoms with Gasteiger partial charge < -0.3 is 15.3 Å². The van der Waals surface area contributed by atoms with Crippen LogP contribution in [-0.4, -0.2) is 79.6 Å². The molecule has 0 aliphatic carbocycles. The van der Waals surface area contributed by atoms with Crippen molar-refractivity contribution >= 4 is 59.1 Å². The zero-order chi connectivity index (χ0) is 20.8. The van der Waals surface area contributed by atoms with Gasteiger partial charge >= 0.3 is 5.97 Å². The number of hydrogen-bond donors (Lipinski definition) is 2. The Balaban J connectivity index is 0.00000300. The zero-order valence-corrected chi connectivity index (χ0v) is 20.7. The fourth-order valence-corrected chi connectivity index (χ4v) is 5.61. The summed E-state index contributed by atoms with van der Waals surface area (Å²) in [6, 6.07) is 6.48. The number of thioether (sulfide) groups is 1. The van der Waals surface area contributed by atoms with Crippen LogP contribution in [0.4, 0.5) is 0 Å². The largest absolute Gasteiger partial charge is 0.480 e. The fraction of sp³-hybridized carbons (Fsp3) is 0.571. The van der Waals surface area contributed by atoms with Gasteiger partial charge in [0.1, 0.15) is 17.5 Å². The van der Waals surface area contributed by atoms with E-state index < -0.39 is 22.8 Å². The van der Waals surface area contributed by atoms with Gasteiger partial charge in [-0.25, -0.2) is 4.79 Å². The first-order valence-corrected chi connectivity index (χ1v) is 10.5. The molecule has 2 aliphatic rings. The molecule has 29 heavy (non-hydrogen) atoms. The molecule has 0 saturated carbocycles. The van der Waals surface area contributed by atoms with E-state index in [2.05, 4.69) is 19.2 Å². The molecule has 2 N–H and O–H groups in total. The van der Waals surface area contributed by atoms with Crippen LogP contribution in [0.3, 0.4) is 0 Å². The third-order valence-electron chi connectivity index (χ3n) is 5.49. The number of nitrogens with one attached hydrogen (secondary N) is 1. The van der Waals surface area contributed by atoms with Gasteiger partial charge in [-0.1, -0.05) is 38.1 Å². The number of nitrogens with zero attached hydrogens (tertiary/aromatic N) is 1. The Morgan fingerprint density at radius 1 is 1.21 bits per heavy atom. The van der Waals surface area contributed by atoms with Crippen molar-refractivity contribution in [3.63, 3.8) is 0 Å². The molecule has 2 amide bonds. The number of carboxylic acids is 1. The molecule has 3 rings (SSSR count). The predicted molar refractivity (Wildman–Crippen MR) is 115 cm³/mol. The molecule has 2 aliphatic heterocycles. The second kappa shape index (κ2) is 9.00. The molecule has 153 valence electrons. The van der Waals surface area contributed by atoms with Crippen LogP contribution in [0.1, 0.15) is 51.7 Å². The Hall–Kier alpha value is -1.02. The first-order chi connectivity index (χ1) is 13.0. The monoisotopic (exact) mass is 427 g/mol. The second-order valence-electron chi connectivity index (χ2n) is 8.65. The summed E-state index contributed by atoms with van der Waals surface area (Å²) in [6.45, 7) is 9.80. The van der Waals surface area contributed by atoms with E-state index in [4.69, 9.17) is 0 Å². The number of aliphatic carboxylic acids is 1. The number of carboxylic acid groups (broad SMARTS) is 1. The average Bonchev–Trinajstić information content (AvgIpc) is 2.87. The van der Waals surface area contributed by atoms with E-state index in [1.165, 1.54) is 22.2 Å². The molecule has 2 saturated heterocycles. The minimum Gasteiger partial charge on any atom is -0.480 e. The van der Waals surface area contributed by atoms with Crippen LogP contribution in [0.25, 0.3) is 0 Å².